The van der Waals surface area contributed by atoms with Gasteiger partial charge in [0.05, 0.1) is 6.54 Å². The molecule has 2 aliphatic rings. The number of allylic oxidation sites excluding steroid dienone is 1. The van der Waals surface area contributed by atoms with E-state index >= 15 is 0 Å². The van der Waals surface area contributed by atoms with Gasteiger partial charge in [0.2, 0.25) is 0 Å². The molecule has 0 amide bonds. The predicted octanol–water partition coefficient (Wildman–Crippen LogP) is 2.20. The van der Waals surface area contributed by atoms with Gasteiger partial charge in [-0.25, -0.2) is 0 Å². The first-order valence-corrected chi connectivity index (χ1v) is 5.82. The maximum Gasteiger partial charge on any atom is 0.172 e. The normalized spacial score (nSPS) is 22.7. The van der Waals surface area contributed by atoms with Crippen molar-refractivity contribution >= 4 is 5.78 Å². The van der Waals surface area contributed by atoms with Crippen LogP contribution < -0.4 is 5.32 Å². The molecule has 1 saturated carbocycles. The standard InChI is InChI=1S/C12H19NO/c14-12(9-13-11-7-8-11)10-5-3-1-2-4-6-10/h5,11,13H,1-4,6-9H2. The Kier molecular flexibility index (Phi) is 3.35. The van der Waals surface area contributed by atoms with Gasteiger partial charge in [-0.2, -0.15) is 0 Å². The molecule has 0 unspecified atom stereocenters. The highest BCUT2D eigenvalue weighted by Gasteiger charge is 2.22. The minimum Gasteiger partial charge on any atom is -0.307 e. The van der Waals surface area contributed by atoms with Gasteiger partial charge in [0.15, 0.2) is 5.78 Å². The van der Waals surface area contributed by atoms with Crippen LogP contribution in [0, 0.1) is 0 Å². The first kappa shape index (κ1) is 9.91. The number of nitrogens with one attached hydrogen (secondary N) is 1. The Balaban J connectivity index is 1.78. The molecule has 2 aliphatic carbocycles. The molecular formula is C12H19NO. The van der Waals surface area contributed by atoms with Crippen molar-refractivity contribution in [1.29, 1.82) is 0 Å². The van der Waals surface area contributed by atoms with E-state index in [0.717, 1.165) is 18.4 Å². The quantitative estimate of drug-likeness (QED) is 0.741. The molecular weight excluding hydrogens is 174 g/mol. The molecule has 1 N–H and O–H groups in total. The zero-order valence-electron chi connectivity index (χ0n) is 8.72. The molecule has 0 radical (unpaired) electrons. The molecule has 0 atom stereocenters. The first-order chi connectivity index (χ1) is 6.86. The van der Waals surface area contributed by atoms with Gasteiger partial charge < -0.3 is 5.32 Å². The second-order valence-corrected chi connectivity index (χ2v) is 4.41. The lowest BCUT2D eigenvalue weighted by Crippen LogP contribution is -2.25. The third-order valence-corrected chi connectivity index (χ3v) is 3.03. The van der Waals surface area contributed by atoms with Gasteiger partial charge >= 0.3 is 0 Å². The van der Waals surface area contributed by atoms with Crippen LogP contribution in [0.3, 0.4) is 0 Å². The molecule has 0 aromatic heterocycles. The van der Waals surface area contributed by atoms with E-state index in [0.29, 0.717) is 18.4 Å². The van der Waals surface area contributed by atoms with E-state index in [2.05, 4.69) is 11.4 Å². The van der Waals surface area contributed by atoms with Crippen LogP contribution in [0.15, 0.2) is 11.6 Å². The molecule has 2 nitrogen and oxygen atoms in total. The summed E-state index contributed by atoms with van der Waals surface area (Å²) in [5, 5.41) is 3.28. The molecule has 0 spiro atoms. The van der Waals surface area contributed by atoms with Crippen molar-refractivity contribution < 1.29 is 4.79 Å². The number of carbonyl (C=O) groups is 1. The van der Waals surface area contributed by atoms with Crippen LogP contribution in [0.1, 0.15) is 44.9 Å². The summed E-state index contributed by atoms with van der Waals surface area (Å²) in [6.45, 7) is 0.566. The zero-order valence-corrected chi connectivity index (χ0v) is 8.72. The zero-order chi connectivity index (χ0) is 9.80. The second kappa shape index (κ2) is 4.74. The Morgan fingerprint density at radius 1 is 1.36 bits per heavy atom. The van der Waals surface area contributed by atoms with E-state index in [1.165, 1.54) is 32.1 Å². The van der Waals surface area contributed by atoms with Gasteiger partial charge in [-0.15, -0.1) is 0 Å². The van der Waals surface area contributed by atoms with Crippen molar-refractivity contribution in [3.8, 4) is 0 Å². The van der Waals surface area contributed by atoms with Crippen LogP contribution in [0.5, 0.6) is 0 Å². The SMILES string of the molecule is O=C(CNC1CC1)C1=CCCCCC1. The summed E-state index contributed by atoms with van der Waals surface area (Å²) in [5.74, 6) is 0.332. The topological polar surface area (TPSA) is 29.1 Å². The summed E-state index contributed by atoms with van der Waals surface area (Å²) >= 11 is 0. The smallest absolute Gasteiger partial charge is 0.172 e. The molecule has 0 saturated heterocycles. The van der Waals surface area contributed by atoms with Gasteiger partial charge in [-0.05, 0) is 44.1 Å². The van der Waals surface area contributed by atoms with E-state index < -0.39 is 0 Å². The van der Waals surface area contributed by atoms with Gasteiger partial charge in [0.1, 0.15) is 0 Å². The van der Waals surface area contributed by atoms with Crippen molar-refractivity contribution in [1.82, 2.24) is 5.32 Å². The van der Waals surface area contributed by atoms with Gasteiger partial charge in [0.25, 0.3) is 0 Å². The Labute approximate surface area is 85.8 Å². The van der Waals surface area contributed by atoms with Crippen LogP contribution in [0.4, 0.5) is 0 Å². The summed E-state index contributed by atoms with van der Waals surface area (Å²) < 4.78 is 0. The van der Waals surface area contributed by atoms with Crippen molar-refractivity contribution in [3.63, 3.8) is 0 Å². The lowest BCUT2D eigenvalue weighted by atomic mass is 10.1. The van der Waals surface area contributed by atoms with E-state index in [4.69, 9.17) is 0 Å². The van der Waals surface area contributed by atoms with Gasteiger partial charge in [-0.3, -0.25) is 4.79 Å². The number of Topliss-reactive ketones (excluding diaryl/α,β-unsaturated/α-hetero) is 1. The second-order valence-electron chi connectivity index (χ2n) is 4.41. The molecule has 78 valence electrons. The Morgan fingerprint density at radius 3 is 3.00 bits per heavy atom. The van der Waals surface area contributed by atoms with Crippen LogP contribution >= 0.6 is 0 Å². The Morgan fingerprint density at radius 2 is 2.21 bits per heavy atom. The number of hydrogen-bond donors (Lipinski definition) is 1. The van der Waals surface area contributed by atoms with Gasteiger partial charge in [-0.1, -0.05) is 12.5 Å². The highest BCUT2D eigenvalue weighted by Crippen LogP contribution is 2.20. The fourth-order valence-corrected chi connectivity index (χ4v) is 1.91. The lowest BCUT2D eigenvalue weighted by molar-refractivity contribution is -0.115. The molecule has 2 heteroatoms. The summed E-state index contributed by atoms with van der Waals surface area (Å²) in [6, 6.07) is 0.644. The largest absolute Gasteiger partial charge is 0.307 e. The first-order valence-electron chi connectivity index (χ1n) is 5.82. The van der Waals surface area contributed by atoms with Crippen LogP contribution in [-0.4, -0.2) is 18.4 Å². The maximum atomic E-state index is 11.8. The lowest BCUT2D eigenvalue weighted by Gasteiger charge is -2.04. The average molecular weight is 193 g/mol. The highest BCUT2D eigenvalue weighted by molar-refractivity contribution is 5.96. The third-order valence-electron chi connectivity index (χ3n) is 3.03. The van der Waals surface area contributed by atoms with Crippen molar-refractivity contribution in [2.45, 2.75) is 51.0 Å². The molecule has 1 fully saturated rings. The molecule has 0 heterocycles. The minimum absolute atomic E-state index is 0.332. The van der Waals surface area contributed by atoms with E-state index in [1.54, 1.807) is 0 Å². The minimum atomic E-state index is 0.332. The monoisotopic (exact) mass is 193 g/mol. The fourth-order valence-electron chi connectivity index (χ4n) is 1.91. The summed E-state index contributed by atoms with van der Waals surface area (Å²) in [7, 11) is 0. The van der Waals surface area contributed by atoms with E-state index in [-0.39, 0.29) is 0 Å². The maximum absolute atomic E-state index is 11.8. The van der Waals surface area contributed by atoms with E-state index in [9.17, 15) is 4.79 Å². The van der Waals surface area contributed by atoms with Crippen LogP contribution in [0.25, 0.3) is 0 Å². The Hall–Kier alpha value is -0.630. The number of hydrogen-bond acceptors (Lipinski definition) is 2. The molecule has 0 aliphatic heterocycles. The van der Waals surface area contributed by atoms with Crippen molar-refractivity contribution in [2.24, 2.45) is 0 Å². The summed E-state index contributed by atoms with van der Waals surface area (Å²) in [6.07, 6.45) is 10.5. The molecule has 2 rings (SSSR count). The van der Waals surface area contributed by atoms with E-state index in [1.807, 2.05) is 0 Å². The molecule has 0 aromatic rings. The summed E-state index contributed by atoms with van der Waals surface area (Å²) in [4.78, 5) is 11.8. The third kappa shape index (κ3) is 2.95. The number of ketones is 1. The van der Waals surface area contributed by atoms with Gasteiger partial charge in [0, 0.05) is 6.04 Å². The van der Waals surface area contributed by atoms with Crippen molar-refractivity contribution in [3.05, 3.63) is 11.6 Å². The predicted molar refractivity (Wildman–Crippen MR) is 57.2 cm³/mol. The van der Waals surface area contributed by atoms with Crippen LogP contribution in [0.2, 0.25) is 0 Å². The molecule has 0 aromatic carbocycles. The average Bonchev–Trinajstić information content (AvgIpc) is 3.01. The Bertz CT molecular complexity index is 241. The van der Waals surface area contributed by atoms with Crippen molar-refractivity contribution in [2.75, 3.05) is 6.54 Å². The molecule has 0 bridgehead atoms. The number of rotatable bonds is 4. The fraction of sp³-hybridized carbons (Fsp3) is 0.750. The number of carbonyl (C=O) groups excluding carboxylic acids is 1. The summed E-state index contributed by atoms with van der Waals surface area (Å²) in [5.41, 5.74) is 1.08. The highest BCUT2D eigenvalue weighted by atomic mass is 16.1. The van der Waals surface area contributed by atoms with Crippen LogP contribution in [-0.2, 0) is 4.79 Å². The molecule has 14 heavy (non-hydrogen) atoms.